The first-order valence-electron chi connectivity index (χ1n) is 7.98. The second kappa shape index (κ2) is 7.77. The predicted molar refractivity (Wildman–Crippen MR) is 96.3 cm³/mol. The summed E-state index contributed by atoms with van der Waals surface area (Å²) in [7, 11) is 0. The van der Waals surface area contributed by atoms with Gasteiger partial charge in [0.25, 0.3) is 0 Å². The summed E-state index contributed by atoms with van der Waals surface area (Å²) in [6, 6.07) is 19.5. The van der Waals surface area contributed by atoms with E-state index in [2.05, 4.69) is 28.2 Å². The first kappa shape index (κ1) is 16.2. The molecule has 0 saturated heterocycles. The number of hydrogen-bond donors (Lipinski definition) is 1. The summed E-state index contributed by atoms with van der Waals surface area (Å²) in [4.78, 5) is 7.26. The Bertz CT molecular complexity index is 935. The molecule has 0 saturated carbocycles. The highest BCUT2D eigenvalue weighted by atomic mass is 14.9. The van der Waals surface area contributed by atoms with Gasteiger partial charge < -0.3 is 4.98 Å². The van der Waals surface area contributed by atoms with Crippen molar-refractivity contribution in [3.63, 3.8) is 0 Å². The minimum Gasteiger partial charge on any atom is -0.345 e. The van der Waals surface area contributed by atoms with Crippen molar-refractivity contribution in [3.05, 3.63) is 95.1 Å². The zero-order valence-electron chi connectivity index (χ0n) is 13.6. The molecular formula is C21H16N4. The van der Waals surface area contributed by atoms with Crippen molar-refractivity contribution in [1.29, 1.82) is 10.5 Å². The van der Waals surface area contributed by atoms with Crippen LogP contribution in [0.1, 0.15) is 34.4 Å². The number of rotatable bonds is 5. The highest BCUT2D eigenvalue weighted by Crippen LogP contribution is 2.23. The van der Waals surface area contributed by atoms with Gasteiger partial charge in [-0.3, -0.25) is 0 Å². The van der Waals surface area contributed by atoms with Crippen LogP contribution in [0, 0.1) is 22.7 Å². The van der Waals surface area contributed by atoms with E-state index < -0.39 is 0 Å². The van der Waals surface area contributed by atoms with E-state index in [-0.39, 0.29) is 0 Å². The summed E-state index contributed by atoms with van der Waals surface area (Å²) in [6.45, 7) is 0. The van der Waals surface area contributed by atoms with E-state index in [9.17, 15) is 0 Å². The van der Waals surface area contributed by atoms with Crippen LogP contribution in [0.2, 0.25) is 0 Å². The number of benzene rings is 2. The van der Waals surface area contributed by atoms with Crippen LogP contribution in [0.3, 0.4) is 0 Å². The average molecular weight is 324 g/mol. The molecule has 0 spiro atoms. The molecule has 0 radical (unpaired) electrons. The van der Waals surface area contributed by atoms with E-state index in [1.165, 1.54) is 5.56 Å². The van der Waals surface area contributed by atoms with Gasteiger partial charge in [-0.15, -0.1) is 0 Å². The highest BCUT2D eigenvalue weighted by Gasteiger charge is 2.06. The molecule has 0 aliphatic carbocycles. The van der Waals surface area contributed by atoms with Gasteiger partial charge in [0, 0.05) is 5.57 Å². The number of H-pyrrole nitrogens is 1. The number of nitrogens with one attached hydrogen (secondary N) is 1. The van der Waals surface area contributed by atoms with Crippen molar-refractivity contribution < 1.29 is 0 Å². The summed E-state index contributed by atoms with van der Waals surface area (Å²) < 4.78 is 0. The molecule has 0 atom stereocenters. The fraction of sp³-hybridized carbons (Fsp3) is 0.0952. The van der Waals surface area contributed by atoms with Gasteiger partial charge in [-0.1, -0.05) is 30.3 Å². The zero-order chi connectivity index (χ0) is 17.5. The van der Waals surface area contributed by atoms with Crippen LogP contribution in [0.25, 0.3) is 5.57 Å². The third-order valence-corrected chi connectivity index (χ3v) is 3.98. The number of nitrogens with zero attached hydrogens (tertiary/aromatic N) is 3. The quantitative estimate of drug-likeness (QED) is 0.763. The van der Waals surface area contributed by atoms with Crippen molar-refractivity contribution in [3.8, 4) is 12.1 Å². The topological polar surface area (TPSA) is 76.3 Å². The third kappa shape index (κ3) is 4.02. The fourth-order valence-electron chi connectivity index (χ4n) is 2.64. The van der Waals surface area contributed by atoms with E-state index >= 15 is 0 Å². The predicted octanol–water partition coefficient (Wildman–Crippen LogP) is 4.22. The van der Waals surface area contributed by atoms with E-state index in [4.69, 9.17) is 10.5 Å². The van der Waals surface area contributed by atoms with E-state index in [0.717, 1.165) is 29.7 Å². The van der Waals surface area contributed by atoms with Crippen molar-refractivity contribution in [1.82, 2.24) is 9.97 Å². The standard InChI is InChI=1S/C21H16N4/c22-12-17-6-4-16(5-7-17)2-1-3-20(21-14-24-15-25-21)19-10-8-18(13-23)9-11-19/h3-11,14-15H,1-2H2,(H,24,25). The lowest BCUT2D eigenvalue weighted by Crippen LogP contribution is -1.91. The van der Waals surface area contributed by atoms with Gasteiger partial charge in [0.15, 0.2) is 0 Å². The second-order valence-corrected chi connectivity index (χ2v) is 5.62. The molecule has 1 N–H and O–H groups in total. The normalized spacial score (nSPS) is 10.9. The van der Waals surface area contributed by atoms with E-state index in [0.29, 0.717) is 11.1 Å². The number of aromatic amines is 1. The third-order valence-electron chi connectivity index (χ3n) is 3.98. The first-order chi connectivity index (χ1) is 12.3. The zero-order valence-corrected chi connectivity index (χ0v) is 13.6. The van der Waals surface area contributed by atoms with E-state index in [1.807, 2.05) is 48.5 Å². The van der Waals surface area contributed by atoms with Gasteiger partial charge in [-0.05, 0) is 48.2 Å². The molecule has 0 fully saturated rings. The van der Waals surface area contributed by atoms with Crippen LogP contribution in [-0.2, 0) is 6.42 Å². The molecular weight excluding hydrogens is 308 g/mol. The molecule has 0 aliphatic rings. The lowest BCUT2D eigenvalue weighted by atomic mass is 9.99. The lowest BCUT2D eigenvalue weighted by Gasteiger charge is -2.07. The largest absolute Gasteiger partial charge is 0.345 e. The first-order valence-corrected chi connectivity index (χ1v) is 7.98. The van der Waals surface area contributed by atoms with Gasteiger partial charge >= 0.3 is 0 Å². The monoisotopic (exact) mass is 324 g/mol. The molecule has 0 aliphatic heterocycles. The second-order valence-electron chi connectivity index (χ2n) is 5.62. The van der Waals surface area contributed by atoms with Crippen LogP contribution in [0.5, 0.6) is 0 Å². The summed E-state index contributed by atoms with van der Waals surface area (Å²) in [6.07, 6.45) is 7.38. The molecule has 3 aromatic rings. The lowest BCUT2D eigenvalue weighted by molar-refractivity contribution is 1.00. The van der Waals surface area contributed by atoms with Crippen molar-refractivity contribution >= 4 is 5.57 Å². The summed E-state index contributed by atoms with van der Waals surface area (Å²) >= 11 is 0. The van der Waals surface area contributed by atoms with E-state index in [1.54, 1.807) is 12.5 Å². The van der Waals surface area contributed by atoms with Crippen molar-refractivity contribution in [2.45, 2.75) is 12.8 Å². The molecule has 120 valence electrons. The van der Waals surface area contributed by atoms with Crippen LogP contribution in [0.15, 0.2) is 67.1 Å². The van der Waals surface area contributed by atoms with Gasteiger partial charge in [-0.2, -0.15) is 10.5 Å². The maximum Gasteiger partial charge on any atom is 0.0991 e. The number of nitriles is 2. The summed E-state index contributed by atoms with van der Waals surface area (Å²) in [5, 5.41) is 17.8. The van der Waals surface area contributed by atoms with Crippen LogP contribution >= 0.6 is 0 Å². The molecule has 3 rings (SSSR count). The van der Waals surface area contributed by atoms with Gasteiger partial charge in [0.05, 0.1) is 41.5 Å². The number of hydrogen-bond acceptors (Lipinski definition) is 3. The molecule has 1 aromatic heterocycles. The Balaban J connectivity index is 1.80. The smallest absolute Gasteiger partial charge is 0.0991 e. The molecule has 0 bridgehead atoms. The van der Waals surface area contributed by atoms with Gasteiger partial charge in [-0.25, -0.2) is 4.98 Å². The minimum absolute atomic E-state index is 0.644. The Hall–Kier alpha value is -3.63. The molecule has 25 heavy (non-hydrogen) atoms. The van der Waals surface area contributed by atoms with Crippen molar-refractivity contribution in [2.75, 3.05) is 0 Å². The van der Waals surface area contributed by atoms with Crippen LogP contribution in [0.4, 0.5) is 0 Å². The number of imidazole rings is 1. The number of allylic oxidation sites excluding steroid dienone is 1. The molecule has 4 nitrogen and oxygen atoms in total. The number of aromatic nitrogens is 2. The maximum absolute atomic E-state index is 8.96. The Morgan fingerprint density at radius 1 is 0.960 bits per heavy atom. The maximum atomic E-state index is 8.96. The van der Waals surface area contributed by atoms with Gasteiger partial charge in [0.1, 0.15) is 0 Å². The minimum atomic E-state index is 0.644. The highest BCUT2D eigenvalue weighted by molar-refractivity contribution is 5.77. The fourth-order valence-corrected chi connectivity index (χ4v) is 2.64. The Morgan fingerprint density at radius 2 is 1.60 bits per heavy atom. The SMILES string of the molecule is N#Cc1ccc(CCC=C(c2ccc(C#N)cc2)c2cnc[nH]2)cc1. The summed E-state index contributed by atoms with van der Waals surface area (Å²) in [5.74, 6) is 0. The Labute approximate surface area is 146 Å². The van der Waals surface area contributed by atoms with Crippen molar-refractivity contribution in [2.24, 2.45) is 0 Å². The molecule has 4 heteroatoms. The van der Waals surface area contributed by atoms with Crippen LogP contribution in [-0.4, -0.2) is 9.97 Å². The molecule has 0 unspecified atom stereocenters. The van der Waals surface area contributed by atoms with Gasteiger partial charge in [0.2, 0.25) is 0 Å². The molecule has 1 heterocycles. The molecule has 0 amide bonds. The average Bonchev–Trinajstić information content (AvgIpc) is 3.20. The number of aryl methyl sites for hydroxylation is 1. The van der Waals surface area contributed by atoms with Crippen LogP contribution < -0.4 is 0 Å². The molecule has 2 aromatic carbocycles. The Morgan fingerprint density at radius 3 is 2.16 bits per heavy atom. The summed E-state index contributed by atoms with van der Waals surface area (Å²) in [5.41, 5.74) is 5.57. The Kier molecular flexibility index (Phi) is 5.04.